The van der Waals surface area contributed by atoms with Crippen LogP contribution in [0.2, 0.25) is 0 Å². The second-order valence-corrected chi connectivity index (χ2v) is 5.30. The number of hydrogen-bond donors (Lipinski definition) is 3. The van der Waals surface area contributed by atoms with Gasteiger partial charge in [-0.3, -0.25) is 4.79 Å². The third-order valence-corrected chi connectivity index (χ3v) is 3.49. The van der Waals surface area contributed by atoms with Crippen molar-refractivity contribution < 1.29 is 9.90 Å². The van der Waals surface area contributed by atoms with Gasteiger partial charge in [0.15, 0.2) is 0 Å². The lowest BCUT2D eigenvalue weighted by Gasteiger charge is -2.30. The number of piperidine rings is 1. The Bertz CT molecular complexity index is 244. The molecule has 0 radical (unpaired) electrons. The van der Waals surface area contributed by atoms with Crippen LogP contribution in [0.5, 0.6) is 0 Å². The van der Waals surface area contributed by atoms with E-state index in [0.717, 1.165) is 19.4 Å². The molecule has 4 heteroatoms. The van der Waals surface area contributed by atoms with Crippen LogP contribution in [0.4, 0.5) is 0 Å². The molecule has 1 aliphatic heterocycles. The summed E-state index contributed by atoms with van der Waals surface area (Å²) in [6.45, 7) is 6.79. The van der Waals surface area contributed by atoms with Crippen LogP contribution in [0, 0.1) is 5.92 Å². The number of amides is 1. The van der Waals surface area contributed by atoms with Crippen molar-refractivity contribution in [3.8, 4) is 0 Å². The molecule has 100 valence electrons. The van der Waals surface area contributed by atoms with Gasteiger partial charge in [0.1, 0.15) is 0 Å². The lowest BCUT2D eigenvalue weighted by atomic mass is 9.90. The first-order valence-corrected chi connectivity index (χ1v) is 6.74. The molecule has 0 bridgehead atoms. The molecule has 1 aliphatic rings. The normalized spacial score (nSPS) is 28.5. The summed E-state index contributed by atoms with van der Waals surface area (Å²) in [4.78, 5) is 12.0. The van der Waals surface area contributed by atoms with Gasteiger partial charge in [-0.15, -0.1) is 0 Å². The Labute approximate surface area is 104 Å². The minimum absolute atomic E-state index is 0.0336. The van der Waals surface area contributed by atoms with Crippen molar-refractivity contribution >= 4 is 5.91 Å². The highest BCUT2D eigenvalue weighted by atomic mass is 16.3. The quantitative estimate of drug-likeness (QED) is 0.675. The summed E-state index contributed by atoms with van der Waals surface area (Å²) < 4.78 is 0. The van der Waals surface area contributed by atoms with E-state index in [9.17, 15) is 9.90 Å². The number of rotatable bonds is 5. The largest absolute Gasteiger partial charge is 0.393 e. The van der Waals surface area contributed by atoms with E-state index >= 15 is 0 Å². The summed E-state index contributed by atoms with van der Waals surface area (Å²) in [6.07, 6.45) is 3.49. The van der Waals surface area contributed by atoms with Gasteiger partial charge in [-0.25, -0.2) is 0 Å². The van der Waals surface area contributed by atoms with E-state index in [1.165, 1.54) is 6.42 Å². The van der Waals surface area contributed by atoms with Gasteiger partial charge in [-0.2, -0.15) is 0 Å². The molecule has 1 heterocycles. The molecule has 4 unspecified atom stereocenters. The standard InChI is InChI=1S/C13H26N2O2/c1-4-11-5-6-14-12(8-11)13(17)15-9(2)7-10(3)16/h9-12,14,16H,4-8H2,1-3H3,(H,15,17). The SMILES string of the molecule is CCC1CCNC(C(=O)NC(C)CC(C)O)C1. The van der Waals surface area contributed by atoms with Gasteiger partial charge in [0, 0.05) is 6.04 Å². The first kappa shape index (κ1) is 14.5. The third-order valence-electron chi connectivity index (χ3n) is 3.49. The molecule has 1 fully saturated rings. The molecule has 0 spiro atoms. The van der Waals surface area contributed by atoms with Gasteiger partial charge in [0.2, 0.25) is 5.91 Å². The highest BCUT2D eigenvalue weighted by Crippen LogP contribution is 2.19. The van der Waals surface area contributed by atoms with Crippen LogP contribution in [-0.2, 0) is 4.79 Å². The summed E-state index contributed by atoms with van der Waals surface area (Å²) >= 11 is 0. The maximum Gasteiger partial charge on any atom is 0.237 e. The Hall–Kier alpha value is -0.610. The number of hydrogen-bond acceptors (Lipinski definition) is 3. The molecular weight excluding hydrogens is 216 g/mol. The Morgan fingerprint density at radius 2 is 2.24 bits per heavy atom. The van der Waals surface area contributed by atoms with Crippen molar-refractivity contribution in [1.29, 1.82) is 0 Å². The van der Waals surface area contributed by atoms with E-state index in [2.05, 4.69) is 17.6 Å². The van der Waals surface area contributed by atoms with E-state index in [1.54, 1.807) is 6.92 Å². The minimum Gasteiger partial charge on any atom is -0.393 e. The van der Waals surface area contributed by atoms with Crippen molar-refractivity contribution in [1.82, 2.24) is 10.6 Å². The molecule has 1 rings (SSSR count). The lowest BCUT2D eigenvalue weighted by molar-refractivity contribution is -0.124. The summed E-state index contributed by atoms with van der Waals surface area (Å²) in [5, 5.41) is 15.5. The number of nitrogens with one attached hydrogen (secondary N) is 2. The number of aliphatic hydroxyl groups excluding tert-OH is 1. The Morgan fingerprint density at radius 3 is 2.82 bits per heavy atom. The van der Waals surface area contributed by atoms with Gasteiger partial charge in [0.05, 0.1) is 12.1 Å². The molecule has 0 aromatic carbocycles. The van der Waals surface area contributed by atoms with Crippen molar-refractivity contribution in [3.63, 3.8) is 0 Å². The number of carbonyl (C=O) groups is 1. The van der Waals surface area contributed by atoms with Crippen molar-refractivity contribution in [2.75, 3.05) is 6.54 Å². The molecular formula is C13H26N2O2. The Kier molecular flexibility index (Phi) is 5.92. The zero-order valence-corrected chi connectivity index (χ0v) is 11.2. The summed E-state index contributed by atoms with van der Waals surface area (Å²) in [6, 6.07) is -0.0172. The van der Waals surface area contributed by atoms with Crippen LogP contribution in [-0.4, -0.2) is 35.7 Å². The fraction of sp³-hybridized carbons (Fsp3) is 0.923. The van der Waals surface area contributed by atoms with E-state index in [-0.39, 0.29) is 24.1 Å². The number of aliphatic hydroxyl groups is 1. The van der Waals surface area contributed by atoms with Crippen LogP contribution in [0.15, 0.2) is 0 Å². The molecule has 0 aromatic rings. The van der Waals surface area contributed by atoms with Gasteiger partial charge in [-0.05, 0) is 45.6 Å². The molecule has 3 N–H and O–H groups in total. The average Bonchev–Trinajstić information content (AvgIpc) is 2.27. The van der Waals surface area contributed by atoms with E-state index in [4.69, 9.17) is 0 Å². The van der Waals surface area contributed by atoms with Crippen LogP contribution >= 0.6 is 0 Å². The van der Waals surface area contributed by atoms with E-state index in [0.29, 0.717) is 12.3 Å². The summed E-state index contributed by atoms with van der Waals surface area (Å²) in [5.74, 6) is 0.746. The molecule has 0 aromatic heterocycles. The van der Waals surface area contributed by atoms with E-state index in [1.807, 2.05) is 6.92 Å². The van der Waals surface area contributed by atoms with E-state index < -0.39 is 0 Å². The zero-order valence-electron chi connectivity index (χ0n) is 11.2. The number of carbonyl (C=O) groups excluding carboxylic acids is 1. The van der Waals surface area contributed by atoms with Gasteiger partial charge >= 0.3 is 0 Å². The van der Waals surface area contributed by atoms with Gasteiger partial charge in [0.25, 0.3) is 0 Å². The van der Waals surface area contributed by atoms with Gasteiger partial charge < -0.3 is 15.7 Å². The topological polar surface area (TPSA) is 61.4 Å². The second kappa shape index (κ2) is 6.97. The fourth-order valence-electron chi connectivity index (χ4n) is 2.48. The van der Waals surface area contributed by atoms with Crippen molar-refractivity contribution in [3.05, 3.63) is 0 Å². The first-order valence-electron chi connectivity index (χ1n) is 6.74. The van der Waals surface area contributed by atoms with Crippen molar-refractivity contribution in [2.24, 2.45) is 5.92 Å². The maximum atomic E-state index is 12.0. The van der Waals surface area contributed by atoms with Crippen molar-refractivity contribution in [2.45, 2.75) is 64.6 Å². The van der Waals surface area contributed by atoms with Crippen LogP contribution < -0.4 is 10.6 Å². The summed E-state index contributed by atoms with van der Waals surface area (Å²) in [7, 11) is 0. The van der Waals surface area contributed by atoms with Crippen LogP contribution in [0.25, 0.3) is 0 Å². The monoisotopic (exact) mass is 242 g/mol. The maximum absolute atomic E-state index is 12.0. The Morgan fingerprint density at radius 1 is 1.53 bits per heavy atom. The predicted octanol–water partition coefficient (Wildman–Crippen LogP) is 1.04. The third kappa shape index (κ3) is 5.04. The highest BCUT2D eigenvalue weighted by Gasteiger charge is 2.26. The molecule has 1 saturated heterocycles. The second-order valence-electron chi connectivity index (χ2n) is 5.30. The smallest absolute Gasteiger partial charge is 0.237 e. The molecule has 1 amide bonds. The first-order chi connectivity index (χ1) is 8.02. The summed E-state index contributed by atoms with van der Waals surface area (Å²) in [5.41, 5.74) is 0. The predicted molar refractivity (Wildman–Crippen MR) is 68.7 cm³/mol. The fourth-order valence-corrected chi connectivity index (χ4v) is 2.48. The molecule has 4 nitrogen and oxygen atoms in total. The van der Waals surface area contributed by atoms with Crippen LogP contribution in [0.1, 0.15) is 46.5 Å². The highest BCUT2D eigenvalue weighted by molar-refractivity contribution is 5.82. The van der Waals surface area contributed by atoms with Gasteiger partial charge in [-0.1, -0.05) is 13.3 Å². The molecule has 4 atom stereocenters. The molecule has 0 aliphatic carbocycles. The molecule has 0 saturated carbocycles. The minimum atomic E-state index is -0.368. The lowest BCUT2D eigenvalue weighted by Crippen LogP contribution is -2.51. The zero-order chi connectivity index (χ0) is 12.8. The van der Waals surface area contributed by atoms with Crippen LogP contribution in [0.3, 0.4) is 0 Å². The Balaban J connectivity index is 2.36. The average molecular weight is 242 g/mol. The molecule has 17 heavy (non-hydrogen) atoms.